The summed E-state index contributed by atoms with van der Waals surface area (Å²) in [6.07, 6.45) is 7.05. The number of hydrogen-bond donors (Lipinski definition) is 1. The molecule has 0 spiro atoms. The van der Waals surface area contributed by atoms with Crippen molar-refractivity contribution in [2.75, 3.05) is 18.4 Å². The molecule has 1 aliphatic heterocycles. The number of aryl methyl sites for hydroxylation is 1. The van der Waals surface area contributed by atoms with Gasteiger partial charge in [-0.2, -0.15) is 10.2 Å². The minimum atomic E-state index is -0.258. The van der Waals surface area contributed by atoms with Crippen LogP contribution in [0.5, 0.6) is 0 Å². The van der Waals surface area contributed by atoms with Gasteiger partial charge in [-0.05, 0) is 56.6 Å². The molecule has 2 aromatic carbocycles. The molecule has 0 radical (unpaired) electrons. The van der Waals surface area contributed by atoms with Gasteiger partial charge in [0.15, 0.2) is 5.65 Å². The Kier molecular flexibility index (Phi) is 6.24. The molecule has 8 heteroatoms. The number of aromatic nitrogens is 5. The van der Waals surface area contributed by atoms with Gasteiger partial charge in [-0.25, -0.2) is 14.2 Å². The van der Waals surface area contributed by atoms with E-state index in [-0.39, 0.29) is 5.91 Å². The maximum absolute atomic E-state index is 13.3. The lowest BCUT2D eigenvalue weighted by Crippen LogP contribution is -2.32. The van der Waals surface area contributed by atoms with Crippen LogP contribution >= 0.6 is 0 Å². The van der Waals surface area contributed by atoms with Crippen molar-refractivity contribution >= 4 is 17.4 Å². The molecule has 6 rings (SSSR count). The number of benzene rings is 2. The summed E-state index contributed by atoms with van der Waals surface area (Å²) >= 11 is 0. The first-order chi connectivity index (χ1) is 18.1. The SMILES string of the molecule is Cc1ccc(-n2nc(C3CCN(Cc4ccccc4)CC3)cc2NC(=O)c2cnn3cccnc23)cc1. The summed E-state index contributed by atoms with van der Waals surface area (Å²) in [4.78, 5) is 20.1. The maximum Gasteiger partial charge on any atom is 0.262 e. The molecule has 3 aromatic heterocycles. The minimum Gasteiger partial charge on any atom is -0.306 e. The summed E-state index contributed by atoms with van der Waals surface area (Å²) in [5.74, 6) is 0.727. The van der Waals surface area contributed by atoms with E-state index < -0.39 is 0 Å². The molecule has 1 fully saturated rings. The van der Waals surface area contributed by atoms with Gasteiger partial charge in [0.1, 0.15) is 11.4 Å². The van der Waals surface area contributed by atoms with Gasteiger partial charge in [-0.3, -0.25) is 9.69 Å². The van der Waals surface area contributed by atoms with E-state index in [1.165, 1.54) is 11.1 Å². The summed E-state index contributed by atoms with van der Waals surface area (Å²) < 4.78 is 3.43. The first-order valence-electron chi connectivity index (χ1n) is 12.7. The van der Waals surface area contributed by atoms with Crippen molar-refractivity contribution in [3.05, 3.63) is 108 Å². The molecule has 37 heavy (non-hydrogen) atoms. The molecule has 1 N–H and O–H groups in total. The average Bonchev–Trinajstić information content (AvgIpc) is 3.55. The van der Waals surface area contributed by atoms with Gasteiger partial charge < -0.3 is 5.32 Å². The number of rotatable bonds is 6. The Hall–Kier alpha value is -4.30. The van der Waals surface area contributed by atoms with Crippen molar-refractivity contribution in [1.29, 1.82) is 0 Å². The third kappa shape index (κ3) is 4.88. The summed E-state index contributed by atoms with van der Waals surface area (Å²) in [6, 6.07) is 22.6. The number of hydrogen-bond acceptors (Lipinski definition) is 5. The molecular weight excluding hydrogens is 462 g/mol. The van der Waals surface area contributed by atoms with E-state index in [2.05, 4.69) is 69.7 Å². The van der Waals surface area contributed by atoms with Crippen molar-refractivity contribution in [3.8, 4) is 5.69 Å². The third-order valence-corrected chi connectivity index (χ3v) is 7.03. The average molecular weight is 492 g/mol. The van der Waals surface area contributed by atoms with Crippen LogP contribution in [0, 0.1) is 6.92 Å². The molecule has 1 saturated heterocycles. The van der Waals surface area contributed by atoms with Gasteiger partial charge in [0.25, 0.3) is 5.91 Å². The zero-order chi connectivity index (χ0) is 25.2. The van der Waals surface area contributed by atoms with E-state index in [0.717, 1.165) is 43.9 Å². The molecule has 5 aromatic rings. The second-order valence-corrected chi connectivity index (χ2v) is 9.64. The number of piperidine rings is 1. The van der Waals surface area contributed by atoms with Gasteiger partial charge in [0, 0.05) is 30.9 Å². The van der Waals surface area contributed by atoms with E-state index in [4.69, 9.17) is 5.10 Å². The number of carbonyl (C=O) groups is 1. The van der Waals surface area contributed by atoms with Crippen molar-refractivity contribution in [3.63, 3.8) is 0 Å². The molecule has 1 aliphatic rings. The van der Waals surface area contributed by atoms with E-state index in [9.17, 15) is 4.79 Å². The Morgan fingerprint density at radius 3 is 2.59 bits per heavy atom. The zero-order valence-electron chi connectivity index (χ0n) is 20.8. The smallest absolute Gasteiger partial charge is 0.262 e. The van der Waals surface area contributed by atoms with Crippen LogP contribution in [0.25, 0.3) is 11.3 Å². The number of carbonyl (C=O) groups excluding carboxylic acids is 1. The highest BCUT2D eigenvalue weighted by atomic mass is 16.1. The summed E-state index contributed by atoms with van der Waals surface area (Å²) in [5.41, 5.74) is 5.38. The largest absolute Gasteiger partial charge is 0.306 e. The van der Waals surface area contributed by atoms with Crippen LogP contribution in [0.2, 0.25) is 0 Å². The zero-order valence-corrected chi connectivity index (χ0v) is 20.8. The molecule has 0 atom stereocenters. The third-order valence-electron chi connectivity index (χ3n) is 7.03. The summed E-state index contributed by atoms with van der Waals surface area (Å²) in [6.45, 7) is 5.07. The van der Waals surface area contributed by atoms with Crippen LogP contribution in [0.1, 0.15) is 45.9 Å². The van der Waals surface area contributed by atoms with Crippen molar-refractivity contribution in [2.45, 2.75) is 32.2 Å². The molecule has 0 unspecified atom stereocenters. The normalized spacial score (nSPS) is 14.7. The van der Waals surface area contributed by atoms with E-state index in [0.29, 0.717) is 22.9 Å². The molecule has 8 nitrogen and oxygen atoms in total. The van der Waals surface area contributed by atoms with Crippen LogP contribution in [0.3, 0.4) is 0 Å². The van der Waals surface area contributed by atoms with Crippen molar-refractivity contribution in [1.82, 2.24) is 29.3 Å². The topological polar surface area (TPSA) is 80.4 Å². The predicted octanol–water partition coefficient (Wildman–Crippen LogP) is 4.86. The van der Waals surface area contributed by atoms with Crippen molar-refractivity contribution in [2.24, 2.45) is 0 Å². The Labute approximate surface area is 215 Å². The number of fused-ring (bicyclic) bond motifs is 1. The van der Waals surface area contributed by atoms with Crippen molar-refractivity contribution < 1.29 is 4.79 Å². The fourth-order valence-electron chi connectivity index (χ4n) is 4.97. The fourth-order valence-corrected chi connectivity index (χ4v) is 4.97. The summed E-state index contributed by atoms with van der Waals surface area (Å²) in [5, 5.41) is 12.3. The molecule has 0 saturated carbocycles. The van der Waals surface area contributed by atoms with Gasteiger partial charge in [-0.15, -0.1) is 0 Å². The summed E-state index contributed by atoms with van der Waals surface area (Å²) in [7, 11) is 0. The van der Waals surface area contributed by atoms with Gasteiger partial charge in [0.2, 0.25) is 0 Å². The Morgan fingerprint density at radius 1 is 1.03 bits per heavy atom. The quantitative estimate of drug-likeness (QED) is 0.367. The standard InChI is InChI=1S/C29H29N7O/c1-21-8-10-24(11-9-21)36-27(32-29(37)25-19-31-35-15-5-14-30-28(25)35)18-26(33-36)23-12-16-34(17-13-23)20-22-6-3-2-4-7-22/h2-11,14-15,18-19,23H,12-13,16-17,20H2,1H3,(H,32,37). The maximum atomic E-state index is 13.3. The van der Waals surface area contributed by atoms with Gasteiger partial charge in [0.05, 0.1) is 17.6 Å². The monoisotopic (exact) mass is 491 g/mol. The molecule has 0 aliphatic carbocycles. The van der Waals surface area contributed by atoms with Crippen LogP contribution in [-0.4, -0.2) is 48.3 Å². The van der Waals surface area contributed by atoms with Crippen LogP contribution in [0.4, 0.5) is 5.82 Å². The first kappa shape index (κ1) is 23.1. The molecule has 4 heterocycles. The minimum absolute atomic E-state index is 0.258. The van der Waals surface area contributed by atoms with Gasteiger partial charge >= 0.3 is 0 Å². The second-order valence-electron chi connectivity index (χ2n) is 9.64. The van der Waals surface area contributed by atoms with E-state index in [1.807, 2.05) is 22.9 Å². The fraction of sp³-hybridized carbons (Fsp3) is 0.241. The Morgan fingerprint density at radius 2 is 1.81 bits per heavy atom. The predicted molar refractivity (Wildman–Crippen MR) is 143 cm³/mol. The number of nitrogens with one attached hydrogen (secondary N) is 1. The van der Waals surface area contributed by atoms with Crippen LogP contribution in [0.15, 0.2) is 85.3 Å². The number of anilines is 1. The van der Waals surface area contributed by atoms with Crippen LogP contribution < -0.4 is 5.32 Å². The molecule has 0 bridgehead atoms. The van der Waals surface area contributed by atoms with E-state index in [1.54, 1.807) is 29.2 Å². The second kappa shape index (κ2) is 9.99. The Balaban J connectivity index is 1.24. The number of amides is 1. The highest BCUT2D eigenvalue weighted by Gasteiger charge is 2.25. The first-order valence-corrected chi connectivity index (χ1v) is 12.7. The highest BCUT2D eigenvalue weighted by molar-refractivity contribution is 6.07. The lowest BCUT2D eigenvalue weighted by atomic mass is 9.93. The highest BCUT2D eigenvalue weighted by Crippen LogP contribution is 2.31. The van der Waals surface area contributed by atoms with Gasteiger partial charge in [-0.1, -0.05) is 48.0 Å². The lowest BCUT2D eigenvalue weighted by Gasteiger charge is -2.31. The lowest BCUT2D eigenvalue weighted by molar-refractivity contribution is 0.102. The van der Waals surface area contributed by atoms with Crippen LogP contribution in [-0.2, 0) is 6.54 Å². The number of nitrogens with zero attached hydrogens (tertiary/aromatic N) is 6. The molecule has 1 amide bonds. The molecule has 186 valence electrons. The Bertz CT molecular complexity index is 1510. The van der Waals surface area contributed by atoms with E-state index >= 15 is 0 Å². The molecular formula is C29H29N7O. The number of likely N-dealkylation sites (tertiary alicyclic amines) is 1.